The highest BCUT2D eigenvalue weighted by molar-refractivity contribution is 6.70. The highest BCUT2D eigenvalue weighted by Crippen LogP contribution is 2.16. The molecular formula is C16H38O3Si2. The summed E-state index contributed by atoms with van der Waals surface area (Å²) < 4.78 is 11.7. The third-order valence-electron chi connectivity index (χ3n) is 2.96. The molecule has 0 bridgehead atoms. The average molecular weight is 335 g/mol. The van der Waals surface area contributed by atoms with Crippen LogP contribution in [0.4, 0.5) is 0 Å². The Morgan fingerprint density at radius 2 is 1.33 bits per heavy atom. The van der Waals surface area contributed by atoms with Crippen molar-refractivity contribution in [1.82, 2.24) is 0 Å². The smallest absolute Gasteiger partial charge is 0.230 e. The number of hydrogen-bond acceptors (Lipinski definition) is 3. The topological polar surface area (TPSA) is 27.7 Å². The standard InChI is InChI=1S/C16H38O3Si2/c1-8-9-10-11-12-13-14-16(18-20(2,3)4)15-17-19-21(5,6)7/h16H,8-15H2,1-7H3. The normalized spacial score (nSPS) is 14.4. The molecule has 0 fully saturated rings. The monoisotopic (exact) mass is 334 g/mol. The maximum absolute atomic E-state index is 6.23. The molecule has 0 N–H and O–H groups in total. The van der Waals surface area contributed by atoms with Crippen molar-refractivity contribution in [3.63, 3.8) is 0 Å². The van der Waals surface area contributed by atoms with Crippen LogP contribution in [-0.4, -0.2) is 29.3 Å². The van der Waals surface area contributed by atoms with Gasteiger partial charge in [-0.05, 0) is 45.7 Å². The minimum Gasteiger partial charge on any atom is -0.412 e. The molecule has 128 valence electrons. The van der Waals surface area contributed by atoms with E-state index in [2.05, 4.69) is 46.2 Å². The van der Waals surface area contributed by atoms with Crippen LogP contribution in [-0.2, 0) is 13.9 Å². The Morgan fingerprint density at radius 3 is 1.86 bits per heavy atom. The van der Waals surface area contributed by atoms with E-state index >= 15 is 0 Å². The van der Waals surface area contributed by atoms with Crippen molar-refractivity contribution in [2.45, 2.75) is 97.3 Å². The van der Waals surface area contributed by atoms with Gasteiger partial charge < -0.3 is 4.43 Å². The lowest BCUT2D eigenvalue weighted by molar-refractivity contribution is -0.232. The molecule has 0 spiro atoms. The zero-order valence-corrected chi connectivity index (χ0v) is 17.5. The van der Waals surface area contributed by atoms with Gasteiger partial charge in [0.15, 0.2) is 8.32 Å². The molecule has 0 rings (SSSR count). The van der Waals surface area contributed by atoms with Crippen LogP contribution < -0.4 is 0 Å². The zero-order valence-electron chi connectivity index (χ0n) is 15.5. The third kappa shape index (κ3) is 16.5. The molecule has 1 unspecified atom stereocenters. The van der Waals surface area contributed by atoms with Crippen LogP contribution in [0.5, 0.6) is 0 Å². The van der Waals surface area contributed by atoms with Crippen molar-refractivity contribution >= 4 is 16.6 Å². The minimum absolute atomic E-state index is 0.194. The Morgan fingerprint density at radius 1 is 0.762 bits per heavy atom. The van der Waals surface area contributed by atoms with Crippen molar-refractivity contribution in [3.8, 4) is 0 Å². The predicted octanol–water partition coefficient (Wildman–Crippen LogP) is 5.74. The summed E-state index contributed by atoms with van der Waals surface area (Å²) in [7, 11) is -3.12. The SMILES string of the molecule is CCCCCCCCC(COO[Si](C)(C)C)O[Si](C)(C)C. The molecule has 3 nitrogen and oxygen atoms in total. The van der Waals surface area contributed by atoms with Crippen LogP contribution >= 0.6 is 0 Å². The van der Waals surface area contributed by atoms with E-state index in [0.717, 1.165) is 6.42 Å². The van der Waals surface area contributed by atoms with E-state index in [1.54, 1.807) is 0 Å². The Labute approximate surface area is 134 Å². The van der Waals surface area contributed by atoms with Crippen molar-refractivity contribution in [2.75, 3.05) is 6.61 Å². The Hall–Kier alpha value is 0.314. The van der Waals surface area contributed by atoms with Crippen LogP contribution in [0.1, 0.15) is 51.9 Å². The number of unbranched alkanes of at least 4 members (excludes halogenated alkanes) is 5. The lowest BCUT2D eigenvalue weighted by Gasteiger charge is -2.27. The first kappa shape index (κ1) is 21.3. The first-order valence-corrected chi connectivity index (χ1v) is 15.4. The third-order valence-corrected chi connectivity index (χ3v) is 4.62. The molecule has 0 aliphatic rings. The second-order valence-electron chi connectivity index (χ2n) is 7.89. The molecule has 1 atom stereocenters. The van der Waals surface area contributed by atoms with Gasteiger partial charge in [0.25, 0.3) is 0 Å². The van der Waals surface area contributed by atoms with Gasteiger partial charge in [-0.25, -0.2) is 4.89 Å². The van der Waals surface area contributed by atoms with Crippen LogP contribution in [0, 0.1) is 0 Å². The second-order valence-corrected chi connectivity index (χ2v) is 16.7. The first-order valence-electron chi connectivity index (χ1n) is 8.62. The van der Waals surface area contributed by atoms with Gasteiger partial charge in [0, 0.05) is 0 Å². The van der Waals surface area contributed by atoms with Gasteiger partial charge in [0.1, 0.15) is 6.61 Å². The maximum atomic E-state index is 6.23. The molecule has 0 aromatic rings. The van der Waals surface area contributed by atoms with Crippen LogP contribution in [0.15, 0.2) is 0 Å². The van der Waals surface area contributed by atoms with E-state index in [0.29, 0.717) is 6.61 Å². The summed E-state index contributed by atoms with van der Waals surface area (Å²) in [4.78, 5) is 5.46. The molecule has 0 aliphatic heterocycles. The van der Waals surface area contributed by atoms with Gasteiger partial charge in [-0.3, -0.25) is 4.58 Å². The molecule has 5 heteroatoms. The maximum Gasteiger partial charge on any atom is 0.230 e. The summed E-state index contributed by atoms with van der Waals surface area (Å²) in [6.45, 7) is 15.9. The summed E-state index contributed by atoms with van der Waals surface area (Å²) in [5.74, 6) is 0. The first-order chi connectivity index (χ1) is 9.64. The van der Waals surface area contributed by atoms with E-state index in [9.17, 15) is 0 Å². The fraction of sp³-hybridized carbons (Fsp3) is 1.00. The van der Waals surface area contributed by atoms with Crippen molar-refractivity contribution in [3.05, 3.63) is 0 Å². The molecule has 0 amide bonds. The Balaban J connectivity index is 3.98. The Bertz CT molecular complexity index is 247. The molecule has 0 aromatic heterocycles. The molecule has 0 aliphatic carbocycles. The van der Waals surface area contributed by atoms with E-state index in [-0.39, 0.29) is 6.10 Å². The van der Waals surface area contributed by atoms with Crippen molar-refractivity contribution in [1.29, 1.82) is 0 Å². The summed E-state index contributed by atoms with van der Waals surface area (Å²) in [6.07, 6.45) is 9.20. The minimum atomic E-state index is -1.60. The van der Waals surface area contributed by atoms with E-state index in [1.165, 1.54) is 38.5 Å². The zero-order chi connectivity index (χ0) is 16.4. The van der Waals surface area contributed by atoms with Crippen LogP contribution in [0.2, 0.25) is 39.3 Å². The summed E-state index contributed by atoms with van der Waals surface area (Å²) in [5, 5.41) is 0. The quantitative estimate of drug-likeness (QED) is 0.186. The average Bonchev–Trinajstić information content (AvgIpc) is 2.29. The van der Waals surface area contributed by atoms with E-state index < -0.39 is 16.6 Å². The fourth-order valence-electron chi connectivity index (χ4n) is 2.12. The molecule has 0 saturated heterocycles. The molecule has 0 heterocycles. The molecule has 0 saturated carbocycles. The summed E-state index contributed by atoms with van der Waals surface area (Å²) in [6, 6.07) is 0. The largest absolute Gasteiger partial charge is 0.412 e. The molecule has 0 aromatic carbocycles. The van der Waals surface area contributed by atoms with Gasteiger partial charge in [0.2, 0.25) is 8.32 Å². The highest BCUT2D eigenvalue weighted by Gasteiger charge is 2.23. The Kier molecular flexibility index (Phi) is 11.1. The summed E-state index contributed by atoms with van der Waals surface area (Å²) in [5.41, 5.74) is 0. The lowest BCUT2D eigenvalue weighted by atomic mass is 10.1. The number of hydrogen-bond donors (Lipinski definition) is 0. The van der Waals surface area contributed by atoms with E-state index in [4.69, 9.17) is 13.9 Å². The summed E-state index contributed by atoms with van der Waals surface area (Å²) >= 11 is 0. The van der Waals surface area contributed by atoms with Crippen LogP contribution in [0.25, 0.3) is 0 Å². The van der Waals surface area contributed by atoms with Crippen molar-refractivity contribution in [2.24, 2.45) is 0 Å². The lowest BCUT2D eigenvalue weighted by Crippen LogP contribution is -2.36. The van der Waals surface area contributed by atoms with Gasteiger partial charge in [-0.2, -0.15) is 0 Å². The highest BCUT2D eigenvalue weighted by atomic mass is 28.4. The van der Waals surface area contributed by atoms with Gasteiger partial charge in [-0.1, -0.05) is 45.4 Å². The van der Waals surface area contributed by atoms with Gasteiger partial charge in [0.05, 0.1) is 6.10 Å². The molecule has 0 radical (unpaired) electrons. The van der Waals surface area contributed by atoms with Crippen LogP contribution in [0.3, 0.4) is 0 Å². The fourth-order valence-corrected chi connectivity index (χ4v) is 3.72. The van der Waals surface area contributed by atoms with Gasteiger partial charge >= 0.3 is 0 Å². The van der Waals surface area contributed by atoms with Gasteiger partial charge in [-0.15, -0.1) is 0 Å². The predicted molar refractivity (Wildman–Crippen MR) is 96.6 cm³/mol. The van der Waals surface area contributed by atoms with E-state index in [1.807, 2.05) is 0 Å². The molecular weight excluding hydrogens is 296 g/mol. The number of rotatable bonds is 13. The van der Waals surface area contributed by atoms with Crippen molar-refractivity contribution < 1.29 is 13.9 Å². The second kappa shape index (κ2) is 10.9. The molecule has 21 heavy (non-hydrogen) atoms.